The van der Waals surface area contributed by atoms with E-state index in [0.29, 0.717) is 17.7 Å². The number of aromatic nitrogens is 2. The third kappa shape index (κ3) is 3.95. The van der Waals surface area contributed by atoms with Crippen LogP contribution in [-0.2, 0) is 17.7 Å². The van der Waals surface area contributed by atoms with Gasteiger partial charge in [-0.15, -0.1) is 0 Å². The number of methoxy groups -OCH3 is 1. The summed E-state index contributed by atoms with van der Waals surface area (Å²) in [7, 11) is 1.38. The van der Waals surface area contributed by atoms with E-state index in [4.69, 9.17) is 9.72 Å². The lowest BCUT2D eigenvalue weighted by atomic mass is 10.1. The van der Waals surface area contributed by atoms with E-state index in [1.165, 1.54) is 7.11 Å². The highest BCUT2D eigenvalue weighted by molar-refractivity contribution is 5.97. The standard InChI is InChI=1S/C24H27N3O3/c1-3-4-6-22-25-20-15-19(23(28)26-13-5-14-26)11-12-21(20)27(22)16-17-7-9-18(10-8-17)24(29)30-2/h7-12,15H,3-6,13-14,16H2,1-2H3. The lowest BCUT2D eigenvalue weighted by Gasteiger charge is -2.30. The number of nitrogens with zero attached hydrogens (tertiary/aromatic N) is 3. The van der Waals surface area contributed by atoms with Crippen molar-refractivity contribution in [2.45, 2.75) is 39.2 Å². The van der Waals surface area contributed by atoms with Gasteiger partial charge in [0.25, 0.3) is 5.91 Å². The number of aryl methyl sites for hydroxylation is 1. The second-order valence-electron chi connectivity index (χ2n) is 7.76. The first-order chi connectivity index (χ1) is 14.6. The summed E-state index contributed by atoms with van der Waals surface area (Å²) in [6.07, 6.45) is 4.12. The molecular weight excluding hydrogens is 378 g/mol. The van der Waals surface area contributed by atoms with Crippen LogP contribution in [0.25, 0.3) is 11.0 Å². The monoisotopic (exact) mass is 405 g/mol. The van der Waals surface area contributed by atoms with Crippen LogP contribution in [0.1, 0.15) is 58.3 Å². The van der Waals surface area contributed by atoms with Crippen LogP contribution in [0.2, 0.25) is 0 Å². The lowest BCUT2D eigenvalue weighted by molar-refractivity contribution is 0.0599. The molecule has 1 saturated heterocycles. The van der Waals surface area contributed by atoms with Crippen LogP contribution in [0.5, 0.6) is 0 Å². The molecule has 0 spiro atoms. The van der Waals surface area contributed by atoms with Crippen molar-refractivity contribution in [2.24, 2.45) is 0 Å². The van der Waals surface area contributed by atoms with Gasteiger partial charge in [-0.05, 0) is 48.7 Å². The maximum absolute atomic E-state index is 12.6. The summed E-state index contributed by atoms with van der Waals surface area (Å²) in [5.41, 5.74) is 4.21. The van der Waals surface area contributed by atoms with Crippen LogP contribution in [-0.4, -0.2) is 46.5 Å². The van der Waals surface area contributed by atoms with Gasteiger partial charge in [0.05, 0.1) is 23.7 Å². The minimum absolute atomic E-state index is 0.0891. The van der Waals surface area contributed by atoms with Crippen LogP contribution >= 0.6 is 0 Å². The molecule has 1 aromatic heterocycles. The number of carbonyl (C=O) groups excluding carboxylic acids is 2. The SMILES string of the molecule is CCCCc1nc2cc(C(=O)N3CCC3)ccc2n1Cc1ccc(C(=O)OC)cc1. The molecule has 1 aliphatic rings. The first-order valence-corrected chi connectivity index (χ1v) is 10.6. The molecule has 3 aromatic rings. The molecular formula is C24H27N3O3. The number of unbranched alkanes of at least 4 members (excludes halogenated alkanes) is 1. The molecule has 1 amide bonds. The maximum atomic E-state index is 12.6. The molecule has 2 aromatic carbocycles. The highest BCUT2D eigenvalue weighted by Gasteiger charge is 2.22. The number of imidazole rings is 1. The molecule has 0 N–H and O–H groups in total. The zero-order valence-corrected chi connectivity index (χ0v) is 17.6. The fraction of sp³-hybridized carbons (Fsp3) is 0.375. The van der Waals surface area contributed by atoms with E-state index in [1.807, 2.05) is 35.2 Å². The zero-order chi connectivity index (χ0) is 21.1. The van der Waals surface area contributed by atoms with Crippen molar-refractivity contribution < 1.29 is 14.3 Å². The fourth-order valence-corrected chi connectivity index (χ4v) is 3.76. The Hall–Kier alpha value is -3.15. The number of rotatable bonds is 7. The molecule has 0 radical (unpaired) electrons. The highest BCUT2D eigenvalue weighted by Crippen LogP contribution is 2.23. The number of benzene rings is 2. The van der Waals surface area contributed by atoms with E-state index in [9.17, 15) is 9.59 Å². The lowest BCUT2D eigenvalue weighted by Crippen LogP contribution is -2.41. The van der Waals surface area contributed by atoms with Crippen LogP contribution in [0.4, 0.5) is 0 Å². The van der Waals surface area contributed by atoms with Gasteiger partial charge in [0, 0.05) is 31.6 Å². The van der Waals surface area contributed by atoms with Gasteiger partial charge < -0.3 is 14.2 Å². The van der Waals surface area contributed by atoms with Crippen molar-refractivity contribution in [1.29, 1.82) is 0 Å². The molecule has 0 saturated carbocycles. The summed E-state index contributed by atoms with van der Waals surface area (Å²) in [6.45, 7) is 4.52. The normalized spacial score (nSPS) is 13.3. The Morgan fingerprint density at radius 2 is 1.80 bits per heavy atom. The second-order valence-corrected chi connectivity index (χ2v) is 7.76. The first-order valence-electron chi connectivity index (χ1n) is 10.6. The van der Waals surface area contributed by atoms with E-state index in [0.717, 1.165) is 61.2 Å². The molecule has 6 nitrogen and oxygen atoms in total. The highest BCUT2D eigenvalue weighted by atomic mass is 16.5. The number of fused-ring (bicyclic) bond motifs is 1. The molecule has 0 bridgehead atoms. The molecule has 6 heteroatoms. The number of hydrogen-bond donors (Lipinski definition) is 0. The Bertz CT molecular complexity index is 1070. The Morgan fingerprint density at radius 3 is 2.43 bits per heavy atom. The number of likely N-dealkylation sites (tertiary alicyclic amines) is 1. The molecule has 30 heavy (non-hydrogen) atoms. The summed E-state index contributed by atoms with van der Waals surface area (Å²) in [5, 5.41) is 0. The number of esters is 1. The van der Waals surface area contributed by atoms with Crippen molar-refractivity contribution in [3.63, 3.8) is 0 Å². The Balaban J connectivity index is 1.65. The third-order valence-corrected chi connectivity index (χ3v) is 5.69. The van der Waals surface area contributed by atoms with Gasteiger partial charge in [-0.1, -0.05) is 25.5 Å². The summed E-state index contributed by atoms with van der Waals surface area (Å²) in [6, 6.07) is 13.3. The van der Waals surface area contributed by atoms with E-state index >= 15 is 0 Å². The fourth-order valence-electron chi connectivity index (χ4n) is 3.76. The van der Waals surface area contributed by atoms with E-state index in [-0.39, 0.29) is 11.9 Å². The van der Waals surface area contributed by atoms with Crippen molar-refractivity contribution in [2.75, 3.05) is 20.2 Å². The first kappa shape index (κ1) is 20.1. The molecule has 0 aliphatic carbocycles. The number of carbonyl (C=O) groups is 2. The molecule has 1 aliphatic heterocycles. The van der Waals surface area contributed by atoms with Gasteiger partial charge in [0.1, 0.15) is 5.82 Å². The molecule has 0 atom stereocenters. The summed E-state index contributed by atoms with van der Waals surface area (Å²) in [4.78, 5) is 31.0. The van der Waals surface area contributed by atoms with Gasteiger partial charge in [-0.25, -0.2) is 9.78 Å². The Morgan fingerprint density at radius 1 is 1.07 bits per heavy atom. The van der Waals surface area contributed by atoms with E-state index in [2.05, 4.69) is 11.5 Å². The van der Waals surface area contributed by atoms with E-state index in [1.54, 1.807) is 12.1 Å². The Kier molecular flexibility index (Phi) is 5.84. The molecule has 1 fully saturated rings. The van der Waals surface area contributed by atoms with Crippen molar-refractivity contribution >= 4 is 22.9 Å². The van der Waals surface area contributed by atoms with Crippen LogP contribution in [0.3, 0.4) is 0 Å². The molecule has 156 valence electrons. The summed E-state index contributed by atoms with van der Waals surface area (Å²) < 4.78 is 7.00. The van der Waals surface area contributed by atoms with Crippen molar-refractivity contribution in [3.05, 3.63) is 65.0 Å². The molecule has 0 unspecified atom stereocenters. The van der Waals surface area contributed by atoms with Crippen LogP contribution in [0.15, 0.2) is 42.5 Å². The predicted octanol–water partition coefficient (Wildman–Crippen LogP) is 4.06. The van der Waals surface area contributed by atoms with E-state index < -0.39 is 0 Å². The predicted molar refractivity (Wildman–Crippen MR) is 116 cm³/mol. The van der Waals surface area contributed by atoms with Crippen molar-refractivity contribution in [3.8, 4) is 0 Å². The molecule has 4 rings (SSSR count). The van der Waals surface area contributed by atoms with Crippen LogP contribution < -0.4 is 0 Å². The van der Waals surface area contributed by atoms with Crippen molar-refractivity contribution in [1.82, 2.24) is 14.5 Å². The molecule has 2 heterocycles. The summed E-state index contributed by atoms with van der Waals surface area (Å²) >= 11 is 0. The third-order valence-electron chi connectivity index (χ3n) is 5.69. The number of amides is 1. The second kappa shape index (κ2) is 8.69. The topological polar surface area (TPSA) is 64.4 Å². The largest absolute Gasteiger partial charge is 0.465 e. The van der Waals surface area contributed by atoms with Gasteiger partial charge in [-0.3, -0.25) is 4.79 Å². The summed E-state index contributed by atoms with van der Waals surface area (Å²) in [5.74, 6) is 0.779. The van der Waals surface area contributed by atoms with Gasteiger partial charge in [0.2, 0.25) is 0 Å². The smallest absolute Gasteiger partial charge is 0.337 e. The number of hydrogen-bond acceptors (Lipinski definition) is 4. The minimum Gasteiger partial charge on any atom is -0.465 e. The average Bonchev–Trinajstić information content (AvgIpc) is 3.07. The van der Waals surface area contributed by atoms with Gasteiger partial charge in [0.15, 0.2) is 0 Å². The average molecular weight is 405 g/mol. The minimum atomic E-state index is -0.335. The number of ether oxygens (including phenoxy) is 1. The zero-order valence-electron chi connectivity index (χ0n) is 17.6. The maximum Gasteiger partial charge on any atom is 0.337 e. The van der Waals surface area contributed by atoms with Gasteiger partial charge in [-0.2, -0.15) is 0 Å². The Labute approximate surface area is 176 Å². The van der Waals surface area contributed by atoms with Gasteiger partial charge >= 0.3 is 5.97 Å². The quantitative estimate of drug-likeness (QED) is 0.556. The van der Waals surface area contributed by atoms with Crippen LogP contribution in [0, 0.1) is 0 Å².